The molecule has 1 spiro atoms. The van der Waals surface area contributed by atoms with Gasteiger partial charge in [0.05, 0.1) is 17.6 Å². The number of primary amides is 1. The van der Waals surface area contributed by atoms with Gasteiger partial charge in [-0.1, -0.05) is 11.6 Å². The Labute approximate surface area is 214 Å². The number of rotatable bonds is 8. The van der Waals surface area contributed by atoms with Crippen molar-refractivity contribution in [1.29, 1.82) is 0 Å². The Balaban J connectivity index is 1.24. The maximum Gasteiger partial charge on any atom is 0.387 e. The van der Waals surface area contributed by atoms with E-state index >= 15 is 0 Å². The minimum atomic E-state index is -3.00. The predicted molar refractivity (Wildman–Crippen MR) is 134 cm³/mol. The number of hydrogen-bond acceptors (Lipinski definition) is 9. The average molecular weight is 534 g/mol. The van der Waals surface area contributed by atoms with E-state index in [1.807, 2.05) is 6.07 Å². The second kappa shape index (κ2) is 8.43. The van der Waals surface area contributed by atoms with Gasteiger partial charge in [0, 0.05) is 42.3 Å². The van der Waals surface area contributed by atoms with Crippen molar-refractivity contribution >= 4 is 57.7 Å². The normalized spacial score (nSPS) is 24.2. The van der Waals surface area contributed by atoms with Crippen LogP contribution in [0, 0.1) is 5.41 Å². The van der Waals surface area contributed by atoms with Gasteiger partial charge in [0.1, 0.15) is 9.90 Å². The Morgan fingerprint density at radius 2 is 2.14 bits per heavy atom. The molecular weight excluding hydrogens is 512 g/mol. The molecule has 0 bridgehead atoms. The summed E-state index contributed by atoms with van der Waals surface area (Å²) in [5.74, 6) is -0.274. The number of hydrogen-bond donors (Lipinski definition) is 3. The third kappa shape index (κ3) is 3.80. The fourth-order valence-corrected chi connectivity index (χ4v) is 6.37. The van der Waals surface area contributed by atoms with Gasteiger partial charge < -0.3 is 26.0 Å². The molecule has 36 heavy (non-hydrogen) atoms. The van der Waals surface area contributed by atoms with Crippen LogP contribution in [-0.2, 0) is 0 Å². The number of carbonyl (C=O) groups is 1. The monoisotopic (exact) mass is 533 g/mol. The number of anilines is 5. The van der Waals surface area contributed by atoms with Gasteiger partial charge in [-0.25, -0.2) is 4.98 Å². The van der Waals surface area contributed by atoms with Gasteiger partial charge in [0.25, 0.3) is 5.91 Å². The fraction of sp³-hybridized carbons (Fsp3) is 0.348. The summed E-state index contributed by atoms with van der Waals surface area (Å²) >= 11 is 7.42. The largest absolute Gasteiger partial charge is 0.433 e. The number of halogens is 3. The predicted octanol–water partition coefficient (Wildman–Crippen LogP) is 4.27. The smallest absolute Gasteiger partial charge is 0.387 e. The molecule has 4 N–H and O–H groups in total. The van der Waals surface area contributed by atoms with E-state index in [1.165, 1.54) is 24.0 Å². The molecule has 1 saturated carbocycles. The highest BCUT2D eigenvalue weighted by molar-refractivity contribution is 7.12. The lowest BCUT2D eigenvalue weighted by atomic mass is 9.91. The summed E-state index contributed by atoms with van der Waals surface area (Å²) in [6.45, 7) is -1.22. The summed E-state index contributed by atoms with van der Waals surface area (Å²) in [5.41, 5.74) is 7.32. The van der Waals surface area contributed by atoms with E-state index < -0.39 is 12.5 Å². The summed E-state index contributed by atoms with van der Waals surface area (Å²) in [5, 5.41) is 7.82. The van der Waals surface area contributed by atoms with Crippen LogP contribution in [0.4, 0.5) is 37.6 Å². The number of alkyl halides is 2. The maximum absolute atomic E-state index is 13.3. The zero-order chi connectivity index (χ0) is 25.2. The number of amides is 1. The van der Waals surface area contributed by atoms with Crippen molar-refractivity contribution in [2.75, 3.05) is 35.7 Å². The van der Waals surface area contributed by atoms with Gasteiger partial charge in [-0.05, 0) is 37.0 Å². The summed E-state index contributed by atoms with van der Waals surface area (Å²) in [6.07, 6.45) is 2.56. The number of benzene rings is 1. The highest BCUT2D eigenvalue weighted by atomic mass is 35.5. The molecule has 3 atom stereocenters. The van der Waals surface area contributed by atoms with Crippen LogP contribution in [0.25, 0.3) is 0 Å². The average Bonchev–Trinajstić information content (AvgIpc) is 3.10. The second-order valence-electron chi connectivity index (χ2n) is 9.24. The van der Waals surface area contributed by atoms with E-state index in [9.17, 15) is 13.6 Å². The van der Waals surface area contributed by atoms with E-state index in [4.69, 9.17) is 22.1 Å². The van der Waals surface area contributed by atoms with Gasteiger partial charge in [0.15, 0.2) is 11.6 Å². The van der Waals surface area contributed by atoms with Gasteiger partial charge >= 0.3 is 6.61 Å². The van der Waals surface area contributed by atoms with Crippen molar-refractivity contribution < 1.29 is 18.3 Å². The lowest BCUT2D eigenvalue weighted by Crippen LogP contribution is -2.52. The SMILES string of the molecule is CN1C2CN(c3ccc(Nc4ncc(Cl)c(Nc5ccsc5C(N)=O)n4)c(OC(F)F)c3)CC23CC13. The highest BCUT2D eigenvalue weighted by Crippen LogP contribution is 2.66. The first-order valence-corrected chi connectivity index (χ1v) is 12.5. The van der Waals surface area contributed by atoms with Crippen LogP contribution < -0.4 is 26.0 Å². The van der Waals surface area contributed by atoms with E-state index in [0.717, 1.165) is 18.8 Å². The fourth-order valence-electron chi connectivity index (χ4n) is 5.53. The number of aromatic nitrogens is 2. The number of ether oxygens (including phenoxy) is 1. The summed E-state index contributed by atoms with van der Waals surface area (Å²) in [4.78, 5) is 25.1. The zero-order valence-corrected chi connectivity index (χ0v) is 20.6. The van der Waals surface area contributed by atoms with Crippen molar-refractivity contribution in [3.63, 3.8) is 0 Å². The Kier molecular flexibility index (Phi) is 5.43. The van der Waals surface area contributed by atoms with E-state index in [-0.39, 0.29) is 28.2 Å². The molecule has 0 radical (unpaired) electrons. The molecule has 3 unspecified atom stereocenters. The number of nitrogens with zero attached hydrogens (tertiary/aromatic N) is 4. The molecular formula is C23H22ClF2N7O2S. The zero-order valence-electron chi connectivity index (χ0n) is 19.0. The molecule has 4 heterocycles. The molecule has 3 aliphatic rings. The van der Waals surface area contributed by atoms with Crippen LogP contribution in [0.3, 0.4) is 0 Å². The van der Waals surface area contributed by atoms with Crippen LogP contribution in [0.15, 0.2) is 35.8 Å². The highest BCUT2D eigenvalue weighted by Gasteiger charge is 2.74. The molecule has 188 valence electrons. The number of carbonyl (C=O) groups excluding carboxylic acids is 1. The van der Waals surface area contributed by atoms with Gasteiger partial charge in [-0.3, -0.25) is 9.69 Å². The molecule has 1 amide bonds. The van der Waals surface area contributed by atoms with Crippen LogP contribution in [0.5, 0.6) is 5.75 Å². The van der Waals surface area contributed by atoms with Crippen molar-refractivity contribution in [2.45, 2.75) is 25.1 Å². The number of nitrogens with two attached hydrogens (primary N) is 1. The molecule has 3 fully saturated rings. The molecule has 9 nitrogen and oxygen atoms in total. The molecule has 13 heteroatoms. The van der Waals surface area contributed by atoms with E-state index in [2.05, 4.69) is 37.4 Å². The maximum atomic E-state index is 13.3. The quantitative estimate of drug-likeness (QED) is 0.394. The molecule has 2 aromatic heterocycles. The molecule has 1 aliphatic carbocycles. The Morgan fingerprint density at radius 3 is 2.86 bits per heavy atom. The van der Waals surface area contributed by atoms with Crippen molar-refractivity contribution in [1.82, 2.24) is 14.9 Å². The Bertz CT molecular complexity index is 1360. The lowest BCUT2D eigenvalue weighted by Gasteiger charge is -2.39. The number of thiophene rings is 1. The first-order chi connectivity index (χ1) is 17.2. The number of likely N-dealkylation sites (N-methyl/N-ethyl adjacent to an activating group) is 1. The van der Waals surface area contributed by atoms with E-state index in [0.29, 0.717) is 28.1 Å². The van der Waals surface area contributed by atoms with Crippen LogP contribution >= 0.6 is 22.9 Å². The van der Waals surface area contributed by atoms with Gasteiger partial charge in [-0.2, -0.15) is 13.8 Å². The number of likely N-dealkylation sites (tertiary alicyclic amines) is 1. The van der Waals surface area contributed by atoms with E-state index in [1.54, 1.807) is 23.6 Å². The standard InChI is InChI=1S/C23H22ClF2N7O2S/c1-32-16-7-23(16)10-33(9-17(23)32)11-2-3-13(15(6-11)35-21(25)26)30-22-28-8-12(24)20(31-22)29-14-4-5-36-18(14)19(27)34/h2-6,8,16-17,21H,7,9-10H2,1H3,(H2,27,34)(H2,28,29,30,31). The third-order valence-electron chi connectivity index (χ3n) is 7.28. The van der Waals surface area contributed by atoms with Crippen molar-refractivity contribution in [3.05, 3.63) is 45.7 Å². The summed E-state index contributed by atoms with van der Waals surface area (Å²) < 4.78 is 31.4. The van der Waals surface area contributed by atoms with Crippen LogP contribution in [0.1, 0.15) is 16.1 Å². The third-order valence-corrected chi connectivity index (χ3v) is 8.49. The number of nitrogens with one attached hydrogen (secondary N) is 2. The van der Waals surface area contributed by atoms with Crippen LogP contribution in [0.2, 0.25) is 5.02 Å². The molecule has 2 saturated heterocycles. The summed E-state index contributed by atoms with van der Waals surface area (Å²) in [6, 6.07) is 7.99. The molecule has 1 aromatic carbocycles. The first-order valence-electron chi connectivity index (χ1n) is 11.2. The minimum absolute atomic E-state index is 0.0122. The van der Waals surface area contributed by atoms with Gasteiger partial charge in [0.2, 0.25) is 5.95 Å². The Morgan fingerprint density at radius 1 is 1.31 bits per heavy atom. The topological polar surface area (TPSA) is 109 Å². The summed E-state index contributed by atoms with van der Waals surface area (Å²) in [7, 11) is 2.14. The van der Waals surface area contributed by atoms with Crippen molar-refractivity contribution in [2.24, 2.45) is 11.1 Å². The molecule has 3 aromatic rings. The second-order valence-corrected chi connectivity index (χ2v) is 10.6. The minimum Gasteiger partial charge on any atom is -0.433 e. The van der Waals surface area contributed by atoms with Crippen LogP contribution in [-0.4, -0.2) is 59.6 Å². The van der Waals surface area contributed by atoms with Crippen molar-refractivity contribution in [3.8, 4) is 5.75 Å². The van der Waals surface area contributed by atoms with Gasteiger partial charge in [-0.15, -0.1) is 11.3 Å². The Hall–Kier alpha value is -3.22. The lowest BCUT2D eigenvalue weighted by molar-refractivity contribution is -0.0493. The molecule has 6 rings (SSSR count). The first kappa shape index (κ1) is 23.2. The molecule has 2 aliphatic heterocycles.